The van der Waals surface area contributed by atoms with Gasteiger partial charge >= 0.3 is 0 Å². The van der Waals surface area contributed by atoms with Crippen LogP contribution in [0.15, 0.2) is 53.4 Å². The fraction of sp³-hybridized carbons (Fsp3) is 0.143. The fourth-order valence-corrected chi connectivity index (χ4v) is 2.76. The fourth-order valence-electron chi connectivity index (χ4n) is 1.68. The summed E-state index contributed by atoms with van der Waals surface area (Å²) in [5, 5.41) is 0. The molecule has 3 N–H and O–H groups in total. The number of ether oxygens (including phenoxy) is 1. The van der Waals surface area contributed by atoms with E-state index in [4.69, 9.17) is 10.5 Å². The molecular formula is C14H15FN2O3S. The molecule has 0 saturated carbocycles. The van der Waals surface area contributed by atoms with Crippen molar-refractivity contribution >= 4 is 15.7 Å². The highest BCUT2D eigenvalue weighted by atomic mass is 32.2. The van der Waals surface area contributed by atoms with E-state index in [0.717, 1.165) is 12.1 Å². The van der Waals surface area contributed by atoms with Crippen molar-refractivity contribution in [1.29, 1.82) is 0 Å². The lowest BCUT2D eigenvalue weighted by Crippen LogP contribution is -2.28. The van der Waals surface area contributed by atoms with Crippen LogP contribution in [-0.4, -0.2) is 21.6 Å². The molecule has 0 fully saturated rings. The Balaban J connectivity index is 1.92. The van der Waals surface area contributed by atoms with Crippen molar-refractivity contribution in [1.82, 2.24) is 4.72 Å². The molecule has 0 aliphatic rings. The molecule has 5 nitrogen and oxygen atoms in total. The van der Waals surface area contributed by atoms with Gasteiger partial charge in [-0.15, -0.1) is 0 Å². The van der Waals surface area contributed by atoms with Gasteiger partial charge in [-0.3, -0.25) is 0 Å². The van der Waals surface area contributed by atoms with Crippen molar-refractivity contribution in [2.45, 2.75) is 4.90 Å². The lowest BCUT2D eigenvalue weighted by atomic mass is 10.3. The number of nitrogens with one attached hydrogen (secondary N) is 1. The number of nitrogen functional groups attached to an aromatic ring is 1. The van der Waals surface area contributed by atoms with E-state index in [2.05, 4.69) is 4.72 Å². The second kappa shape index (κ2) is 6.55. The van der Waals surface area contributed by atoms with E-state index in [-0.39, 0.29) is 23.7 Å². The lowest BCUT2D eigenvalue weighted by molar-refractivity contribution is 0.323. The first kappa shape index (κ1) is 15.3. The minimum atomic E-state index is -3.81. The lowest BCUT2D eigenvalue weighted by Gasteiger charge is -2.09. The second-order valence-electron chi connectivity index (χ2n) is 4.28. The molecule has 0 spiro atoms. The predicted octanol–water partition coefficient (Wildman–Crippen LogP) is 1.77. The number of para-hydroxylation sites is 1. The summed E-state index contributed by atoms with van der Waals surface area (Å²) in [7, 11) is -3.81. The number of halogens is 1. The molecule has 2 rings (SSSR count). The Bertz CT molecular complexity index is 685. The van der Waals surface area contributed by atoms with Crippen molar-refractivity contribution < 1.29 is 17.5 Å². The zero-order valence-corrected chi connectivity index (χ0v) is 11.9. The van der Waals surface area contributed by atoms with Crippen LogP contribution in [0.1, 0.15) is 0 Å². The molecule has 0 aliphatic carbocycles. The highest BCUT2D eigenvalue weighted by Gasteiger charge is 2.15. The third-order valence-corrected chi connectivity index (χ3v) is 4.05. The Kier molecular flexibility index (Phi) is 4.77. The number of sulfonamides is 1. The maximum Gasteiger partial charge on any atom is 0.240 e. The molecular weight excluding hydrogens is 295 g/mol. The maximum atomic E-state index is 13.2. The third kappa shape index (κ3) is 4.44. The molecule has 0 atom stereocenters. The first-order valence-electron chi connectivity index (χ1n) is 6.21. The number of nitrogens with two attached hydrogens (primary N) is 1. The standard InChI is InChI=1S/C14H15FN2O3S/c15-11-8-12(16)10-14(9-11)21(18,19)17-6-7-20-13-4-2-1-3-5-13/h1-5,8-10,17H,6-7,16H2. The van der Waals surface area contributed by atoms with E-state index in [9.17, 15) is 12.8 Å². The Labute approximate surface area is 122 Å². The molecule has 0 saturated heterocycles. The van der Waals surface area contributed by atoms with Gasteiger partial charge in [-0.2, -0.15) is 0 Å². The summed E-state index contributed by atoms with van der Waals surface area (Å²) in [5.74, 6) is -0.0531. The largest absolute Gasteiger partial charge is 0.492 e. The minimum Gasteiger partial charge on any atom is -0.492 e. The second-order valence-corrected chi connectivity index (χ2v) is 6.05. The van der Waals surface area contributed by atoms with Gasteiger partial charge in [0, 0.05) is 12.2 Å². The van der Waals surface area contributed by atoms with Crippen LogP contribution in [0.3, 0.4) is 0 Å². The van der Waals surface area contributed by atoms with E-state index in [1.807, 2.05) is 18.2 Å². The number of anilines is 1. The number of rotatable bonds is 6. The van der Waals surface area contributed by atoms with Gasteiger partial charge in [0.15, 0.2) is 0 Å². The summed E-state index contributed by atoms with van der Waals surface area (Å²) in [5.41, 5.74) is 5.48. The molecule has 0 aromatic heterocycles. The Morgan fingerprint density at radius 1 is 1.14 bits per heavy atom. The van der Waals surface area contributed by atoms with Gasteiger partial charge in [-0.1, -0.05) is 18.2 Å². The number of hydrogen-bond acceptors (Lipinski definition) is 4. The van der Waals surface area contributed by atoms with Crippen molar-refractivity contribution in [3.8, 4) is 5.75 Å². The zero-order valence-electron chi connectivity index (χ0n) is 11.1. The van der Waals surface area contributed by atoms with Crippen LogP contribution in [0.5, 0.6) is 5.75 Å². The molecule has 2 aromatic rings. The average Bonchev–Trinajstić information content (AvgIpc) is 2.44. The van der Waals surface area contributed by atoms with Gasteiger partial charge < -0.3 is 10.5 Å². The molecule has 7 heteroatoms. The molecule has 21 heavy (non-hydrogen) atoms. The van der Waals surface area contributed by atoms with Gasteiger partial charge in [0.25, 0.3) is 0 Å². The summed E-state index contributed by atoms with van der Waals surface area (Å²) >= 11 is 0. The minimum absolute atomic E-state index is 0.0518. The SMILES string of the molecule is Nc1cc(F)cc(S(=O)(=O)NCCOc2ccccc2)c1. The van der Waals surface area contributed by atoms with Crippen LogP contribution >= 0.6 is 0 Å². The summed E-state index contributed by atoms with van der Waals surface area (Å²) in [6.07, 6.45) is 0. The number of benzene rings is 2. The van der Waals surface area contributed by atoms with E-state index in [1.54, 1.807) is 12.1 Å². The summed E-state index contributed by atoms with van der Waals surface area (Å²) in [6.45, 7) is 0.224. The maximum absolute atomic E-state index is 13.2. The molecule has 0 aliphatic heterocycles. The van der Waals surface area contributed by atoms with Crippen LogP contribution in [0, 0.1) is 5.82 Å². The first-order valence-corrected chi connectivity index (χ1v) is 7.69. The van der Waals surface area contributed by atoms with Crippen LogP contribution in [-0.2, 0) is 10.0 Å². The van der Waals surface area contributed by atoms with Crippen LogP contribution in [0.4, 0.5) is 10.1 Å². The Hall–Kier alpha value is -2.12. The quantitative estimate of drug-likeness (QED) is 0.629. The molecule has 2 aromatic carbocycles. The Morgan fingerprint density at radius 2 is 1.86 bits per heavy atom. The summed E-state index contributed by atoms with van der Waals surface area (Å²) in [4.78, 5) is -0.209. The van der Waals surface area contributed by atoms with E-state index >= 15 is 0 Å². The summed E-state index contributed by atoms with van der Waals surface area (Å²) < 4.78 is 44.8. The summed E-state index contributed by atoms with van der Waals surface area (Å²) in [6, 6.07) is 12.2. The molecule has 112 valence electrons. The van der Waals surface area contributed by atoms with Crippen LogP contribution in [0.25, 0.3) is 0 Å². The molecule has 0 radical (unpaired) electrons. The zero-order chi connectivity index (χ0) is 15.3. The van der Waals surface area contributed by atoms with Gasteiger partial charge in [0.1, 0.15) is 18.2 Å². The first-order chi connectivity index (χ1) is 9.97. The predicted molar refractivity (Wildman–Crippen MR) is 77.9 cm³/mol. The van der Waals surface area contributed by atoms with E-state index in [1.165, 1.54) is 6.07 Å². The highest BCUT2D eigenvalue weighted by Crippen LogP contribution is 2.15. The molecule has 0 heterocycles. The molecule has 0 unspecified atom stereocenters. The van der Waals surface area contributed by atoms with Crippen molar-refractivity contribution in [3.63, 3.8) is 0 Å². The molecule has 0 amide bonds. The van der Waals surface area contributed by atoms with Gasteiger partial charge in [0.2, 0.25) is 10.0 Å². The third-order valence-electron chi connectivity index (χ3n) is 2.61. The smallest absolute Gasteiger partial charge is 0.240 e. The van der Waals surface area contributed by atoms with E-state index in [0.29, 0.717) is 5.75 Å². The van der Waals surface area contributed by atoms with Crippen molar-refractivity contribution in [3.05, 3.63) is 54.3 Å². The monoisotopic (exact) mass is 310 g/mol. The molecule has 0 bridgehead atoms. The van der Waals surface area contributed by atoms with Gasteiger partial charge in [-0.05, 0) is 30.3 Å². The van der Waals surface area contributed by atoms with Gasteiger partial charge in [0.05, 0.1) is 4.90 Å². The van der Waals surface area contributed by atoms with Crippen LogP contribution in [0.2, 0.25) is 0 Å². The van der Waals surface area contributed by atoms with Crippen molar-refractivity contribution in [2.75, 3.05) is 18.9 Å². The van der Waals surface area contributed by atoms with Crippen LogP contribution < -0.4 is 15.2 Å². The number of hydrogen-bond donors (Lipinski definition) is 2. The Morgan fingerprint density at radius 3 is 2.52 bits per heavy atom. The highest BCUT2D eigenvalue weighted by molar-refractivity contribution is 7.89. The average molecular weight is 310 g/mol. The van der Waals surface area contributed by atoms with Crippen molar-refractivity contribution in [2.24, 2.45) is 0 Å². The normalized spacial score (nSPS) is 11.3. The topological polar surface area (TPSA) is 81.4 Å². The van der Waals surface area contributed by atoms with Gasteiger partial charge in [-0.25, -0.2) is 17.5 Å². The van der Waals surface area contributed by atoms with E-state index < -0.39 is 15.8 Å².